The summed E-state index contributed by atoms with van der Waals surface area (Å²) in [6, 6.07) is 7.07. The van der Waals surface area contributed by atoms with Gasteiger partial charge < -0.3 is 10.2 Å². The molecule has 3 heteroatoms. The summed E-state index contributed by atoms with van der Waals surface area (Å²) in [6.45, 7) is 6.78. The molecule has 0 spiro atoms. The minimum absolute atomic E-state index is 0.266. The maximum Gasteiger partial charge on any atom is 0.0417 e. The molecule has 0 amide bonds. The Morgan fingerprint density at radius 2 is 2.16 bits per heavy atom. The van der Waals surface area contributed by atoms with E-state index >= 15 is 0 Å². The first-order chi connectivity index (χ1) is 9.06. The molecule has 1 saturated carbocycles. The molecule has 0 aromatic heterocycles. The lowest BCUT2D eigenvalue weighted by Crippen LogP contribution is -2.39. The molecule has 1 heterocycles. The zero-order valence-electron chi connectivity index (χ0n) is 11.9. The zero-order chi connectivity index (χ0) is 13.5. The molecule has 3 rings (SSSR count). The standard InChI is InChI=1S/C16H23ClN2/c1-16(2)8-3-9-19(16)15-7-4-13(17)10-12(15)11-18-14-5-6-14/h4,7,10,14,18H,3,5-6,8-9,11H2,1-2H3. The number of anilines is 1. The number of nitrogens with zero attached hydrogens (tertiary/aromatic N) is 1. The monoisotopic (exact) mass is 278 g/mol. The minimum Gasteiger partial charge on any atom is -0.366 e. The summed E-state index contributed by atoms with van der Waals surface area (Å²) in [7, 11) is 0. The Balaban J connectivity index is 1.86. The van der Waals surface area contributed by atoms with Crippen LogP contribution in [-0.4, -0.2) is 18.1 Å². The molecule has 1 aliphatic carbocycles. The molecular formula is C16H23ClN2. The van der Waals surface area contributed by atoms with Gasteiger partial charge in [0, 0.05) is 35.4 Å². The second-order valence-electron chi connectivity index (χ2n) is 6.50. The highest BCUT2D eigenvalue weighted by molar-refractivity contribution is 6.30. The van der Waals surface area contributed by atoms with E-state index in [9.17, 15) is 0 Å². The van der Waals surface area contributed by atoms with Crippen LogP contribution >= 0.6 is 11.6 Å². The van der Waals surface area contributed by atoms with Crippen molar-refractivity contribution in [2.24, 2.45) is 0 Å². The third-order valence-corrected chi connectivity index (χ3v) is 4.63. The second kappa shape index (κ2) is 4.99. The lowest BCUT2D eigenvalue weighted by molar-refractivity contribution is 0.516. The van der Waals surface area contributed by atoms with Gasteiger partial charge in [0.25, 0.3) is 0 Å². The molecule has 0 radical (unpaired) electrons. The van der Waals surface area contributed by atoms with Crippen molar-refractivity contribution in [3.63, 3.8) is 0 Å². The summed E-state index contributed by atoms with van der Waals surface area (Å²) in [4.78, 5) is 2.55. The third-order valence-electron chi connectivity index (χ3n) is 4.39. The fourth-order valence-electron chi connectivity index (χ4n) is 3.05. The van der Waals surface area contributed by atoms with Gasteiger partial charge in [-0.2, -0.15) is 0 Å². The van der Waals surface area contributed by atoms with E-state index in [1.165, 1.54) is 36.9 Å². The van der Waals surface area contributed by atoms with E-state index in [0.717, 1.165) is 24.2 Å². The Labute approximate surface area is 121 Å². The normalized spacial score (nSPS) is 21.9. The third kappa shape index (κ3) is 2.90. The van der Waals surface area contributed by atoms with Crippen LogP contribution in [0.3, 0.4) is 0 Å². The molecule has 1 N–H and O–H groups in total. The number of hydrogen-bond donors (Lipinski definition) is 1. The largest absolute Gasteiger partial charge is 0.366 e. The number of halogens is 1. The predicted octanol–water partition coefficient (Wildman–Crippen LogP) is 3.97. The average molecular weight is 279 g/mol. The highest BCUT2D eigenvalue weighted by atomic mass is 35.5. The molecule has 1 saturated heterocycles. The van der Waals surface area contributed by atoms with Crippen molar-refractivity contribution in [1.82, 2.24) is 5.32 Å². The summed E-state index contributed by atoms with van der Waals surface area (Å²) in [6.07, 6.45) is 5.20. The molecular weight excluding hydrogens is 256 g/mol. The van der Waals surface area contributed by atoms with Gasteiger partial charge >= 0.3 is 0 Å². The van der Waals surface area contributed by atoms with Gasteiger partial charge in [-0.15, -0.1) is 0 Å². The molecule has 2 nitrogen and oxygen atoms in total. The van der Waals surface area contributed by atoms with E-state index in [1.807, 2.05) is 6.07 Å². The highest BCUT2D eigenvalue weighted by Gasteiger charge is 2.33. The molecule has 2 fully saturated rings. The molecule has 0 atom stereocenters. The number of hydrogen-bond acceptors (Lipinski definition) is 2. The molecule has 0 unspecified atom stereocenters. The van der Waals surface area contributed by atoms with Gasteiger partial charge in [-0.25, -0.2) is 0 Å². The van der Waals surface area contributed by atoms with Crippen LogP contribution in [0.2, 0.25) is 5.02 Å². The quantitative estimate of drug-likeness (QED) is 0.896. The predicted molar refractivity (Wildman–Crippen MR) is 82.0 cm³/mol. The molecule has 19 heavy (non-hydrogen) atoms. The zero-order valence-corrected chi connectivity index (χ0v) is 12.6. The SMILES string of the molecule is CC1(C)CCCN1c1ccc(Cl)cc1CNC1CC1. The summed E-state index contributed by atoms with van der Waals surface area (Å²) in [5.74, 6) is 0. The van der Waals surface area contributed by atoms with E-state index in [-0.39, 0.29) is 5.54 Å². The van der Waals surface area contributed by atoms with Crippen LogP contribution in [-0.2, 0) is 6.54 Å². The first-order valence-corrected chi connectivity index (χ1v) is 7.73. The van der Waals surface area contributed by atoms with Crippen LogP contribution in [0.1, 0.15) is 45.1 Å². The van der Waals surface area contributed by atoms with Crippen LogP contribution in [0, 0.1) is 0 Å². The number of nitrogens with one attached hydrogen (secondary N) is 1. The Kier molecular flexibility index (Phi) is 3.48. The van der Waals surface area contributed by atoms with Gasteiger partial charge in [-0.3, -0.25) is 0 Å². The van der Waals surface area contributed by atoms with E-state index in [4.69, 9.17) is 11.6 Å². The molecule has 1 aliphatic heterocycles. The maximum atomic E-state index is 6.18. The number of rotatable bonds is 4. The van der Waals surface area contributed by atoms with Gasteiger partial charge in [0.2, 0.25) is 0 Å². The van der Waals surface area contributed by atoms with Gasteiger partial charge in [0.1, 0.15) is 0 Å². The highest BCUT2D eigenvalue weighted by Crippen LogP contribution is 2.36. The summed E-state index contributed by atoms with van der Waals surface area (Å²) in [5, 5.41) is 4.45. The minimum atomic E-state index is 0.266. The Morgan fingerprint density at radius 1 is 1.37 bits per heavy atom. The van der Waals surface area contributed by atoms with Gasteiger partial charge in [-0.05, 0) is 63.3 Å². The van der Waals surface area contributed by atoms with Crippen molar-refractivity contribution in [1.29, 1.82) is 0 Å². The van der Waals surface area contributed by atoms with Crippen molar-refractivity contribution in [2.75, 3.05) is 11.4 Å². The Morgan fingerprint density at radius 3 is 2.79 bits per heavy atom. The lowest BCUT2D eigenvalue weighted by atomic mass is 10.0. The van der Waals surface area contributed by atoms with Gasteiger partial charge in [-0.1, -0.05) is 11.6 Å². The summed E-state index contributed by atoms with van der Waals surface area (Å²) < 4.78 is 0. The Hall–Kier alpha value is -0.730. The number of benzene rings is 1. The van der Waals surface area contributed by atoms with Crippen molar-refractivity contribution < 1.29 is 0 Å². The van der Waals surface area contributed by atoms with E-state index < -0.39 is 0 Å². The van der Waals surface area contributed by atoms with Crippen LogP contribution in [0.5, 0.6) is 0 Å². The van der Waals surface area contributed by atoms with E-state index in [0.29, 0.717) is 0 Å². The average Bonchev–Trinajstić information content (AvgIpc) is 3.11. The molecule has 2 aliphatic rings. The van der Waals surface area contributed by atoms with Crippen molar-refractivity contribution in [3.05, 3.63) is 28.8 Å². The van der Waals surface area contributed by atoms with Crippen LogP contribution in [0.4, 0.5) is 5.69 Å². The molecule has 0 bridgehead atoms. The lowest BCUT2D eigenvalue weighted by Gasteiger charge is -2.35. The van der Waals surface area contributed by atoms with Crippen LogP contribution in [0.15, 0.2) is 18.2 Å². The smallest absolute Gasteiger partial charge is 0.0417 e. The topological polar surface area (TPSA) is 15.3 Å². The Bertz CT molecular complexity index is 466. The van der Waals surface area contributed by atoms with Crippen LogP contribution < -0.4 is 10.2 Å². The van der Waals surface area contributed by atoms with Gasteiger partial charge in [0.05, 0.1) is 0 Å². The molecule has 1 aromatic rings. The van der Waals surface area contributed by atoms with Crippen LogP contribution in [0.25, 0.3) is 0 Å². The summed E-state index contributed by atoms with van der Waals surface area (Å²) >= 11 is 6.18. The molecule has 1 aromatic carbocycles. The fourth-order valence-corrected chi connectivity index (χ4v) is 3.25. The molecule has 104 valence electrons. The van der Waals surface area contributed by atoms with Crippen molar-refractivity contribution >= 4 is 17.3 Å². The van der Waals surface area contributed by atoms with E-state index in [2.05, 4.69) is 36.2 Å². The first kappa shape index (κ1) is 13.3. The van der Waals surface area contributed by atoms with Crippen molar-refractivity contribution in [2.45, 2.75) is 57.7 Å². The first-order valence-electron chi connectivity index (χ1n) is 7.36. The fraction of sp³-hybridized carbons (Fsp3) is 0.625. The maximum absolute atomic E-state index is 6.18. The van der Waals surface area contributed by atoms with E-state index in [1.54, 1.807) is 0 Å². The van der Waals surface area contributed by atoms with Gasteiger partial charge in [0.15, 0.2) is 0 Å². The summed E-state index contributed by atoms with van der Waals surface area (Å²) in [5.41, 5.74) is 2.97. The van der Waals surface area contributed by atoms with Crippen molar-refractivity contribution in [3.8, 4) is 0 Å². The second-order valence-corrected chi connectivity index (χ2v) is 6.93.